The summed E-state index contributed by atoms with van der Waals surface area (Å²) in [5.74, 6) is 0.444. The van der Waals surface area contributed by atoms with Crippen LogP contribution in [0.15, 0.2) is 12.1 Å². The monoisotopic (exact) mass is 348 g/mol. The number of phenolic OH excluding ortho intramolecular Hbond substituents is 1. The van der Waals surface area contributed by atoms with Gasteiger partial charge in [-0.1, -0.05) is 80.6 Å². The molecule has 25 heavy (non-hydrogen) atoms. The first-order valence-corrected chi connectivity index (χ1v) is 10.0. The van der Waals surface area contributed by atoms with E-state index in [1.807, 2.05) is 0 Å². The van der Waals surface area contributed by atoms with Crippen LogP contribution in [0, 0.1) is 0 Å². The predicted octanol–water partition coefficient (Wildman–Crippen LogP) is 6.86. The van der Waals surface area contributed by atoms with Crippen LogP contribution in [0.5, 0.6) is 5.75 Å². The second-order valence-electron chi connectivity index (χ2n) is 9.36. The van der Waals surface area contributed by atoms with E-state index in [4.69, 9.17) is 4.74 Å². The lowest BCUT2D eigenvalue weighted by Crippen LogP contribution is -2.18. The number of rotatable bonds is 9. The zero-order valence-corrected chi connectivity index (χ0v) is 17.7. The number of phenols is 1. The number of hydrogen-bond donors (Lipinski definition) is 1. The molecule has 0 heterocycles. The highest BCUT2D eigenvalue weighted by Gasteiger charge is 2.26. The Morgan fingerprint density at radius 3 is 1.76 bits per heavy atom. The normalized spacial score (nSPS) is 12.6. The Bertz CT molecular complexity index is 483. The summed E-state index contributed by atoms with van der Waals surface area (Å²) in [6.07, 6.45) is 7.70. The van der Waals surface area contributed by atoms with Crippen molar-refractivity contribution in [2.45, 2.75) is 104 Å². The number of hydrogen-bond acceptors (Lipinski definition) is 2. The lowest BCUT2D eigenvalue weighted by Gasteiger charge is -2.28. The number of aromatic hydroxyl groups is 1. The molecule has 0 aliphatic carbocycles. The molecule has 0 spiro atoms. The SMILES string of the molecule is CCCCCCCCOCc1cc(C(C)(C)C)c(O)c(C(C)(C)C)c1. The molecule has 0 bridgehead atoms. The van der Waals surface area contributed by atoms with Crippen molar-refractivity contribution in [1.29, 1.82) is 0 Å². The van der Waals surface area contributed by atoms with Crippen LogP contribution in [0.3, 0.4) is 0 Å². The van der Waals surface area contributed by atoms with Gasteiger partial charge in [0.25, 0.3) is 0 Å². The Morgan fingerprint density at radius 2 is 1.28 bits per heavy atom. The molecule has 0 saturated carbocycles. The minimum Gasteiger partial charge on any atom is -0.507 e. The summed E-state index contributed by atoms with van der Waals surface area (Å²) in [6, 6.07) is 4.23. The molecule has 1 N–H and O–H groups in total. The van der Waals surface area contributed by atoms with Crippen molar-refractivity contribution in [2.75, 3.05) is 6.61 Å². The Hall–Kier alpha value is -1.02. The molecule has 2 nitrogen and oxygen atoms in total. The molecule has 1 aromatic rings. The lowest BCUT2D eigenvalue weighted by atomic mass is 9.78. The number of unbranched alkanes of at least 4 members (excludes halogenated alkanes) is 5. The molecule has 0 amide bonds. The van der Waals surface area contributed by atoms with Crippen molar-refractivity contribution in [2.24, 2.45) is 0 Å². The van der Waals surface area contributed by atoms with Crippen LogP contribution in [-0.4, -0.2) is 11.7 Å². The van der Waals surface area contributed by atoms with Gasteiger partial charge in [0, 0.05) is 6.61 Å². The molecule has 2 heteroatoms. The standard InChI is InChI=1S/C23H40O2/c1-8-9-10-11-12-13-14-25-17-18-15-19(22(2,3)4)21(24)20(16-18)23(5,6)7/h15-16,24H,8-14,17H2,1-7H3. The first kappa shape index (κ1) is 22.0. The second-order valence-corrected chi connectivity index (χ2v) is 9.36. The molecule has 144 valence electrons. The van der Waals surface area contributed by atoms with E-state index in [-0.39, 0.29) is 10.8 Å². The van der Waals surface area contributed by atoms with Crippen LogP contribution in [0.1, 0.15) is 104 Å². The van der Waals surface area contributed by atoms with Crippen molar-refractivity contribution in [3.05, 3.63) is 28.8 Å². The van der Waals surface area contributed by atoms with Crippen LogP contribution in [0.25, 0.3) is 0 Å². The van der Waals surface area contributed by atoms with E-state index < -0.39 is 0 Å². The Labute approximate surface area is 156 Å². The van der Waals surface area contributed by atoms with Gasteiger partial charge in [0.05, 0.1) is 6.61 Å². The third-order valence-corrected chi connectivity index (χ3v) is 4.70. The first-order chi connectivity index (χ1) is 11.6. The van der Waals surface area contributed by atoms with Crippen LogP contribution < -0.4 is 0 Å². The molecule has 1 aromatic carbocycles. The molecule has 0 saturated heterocycles. The van der Waals surface area contributed by atoms with Crippen molar-refractivity contribution in [3.63, 3.8) is 0 Å². The highest BCUT2D eigenvalue weighted by molar-refractivity contribution is 5.49. The highest BCUT2D eigenvalue weighted by atomic mass is 16.5. The van der Waals surface area contributed by atoms with Gasteiger partial charge in [-0.2, -0.15) is 0 Å². The van der Waals surface area contributed by atoms with E-state index in [2.05, 4.69) is 60.6 Å². The maximum atomic E-state index is 10.8. The van der Waals surface area contributed by atoms with Gasteiger partial charge < -0.3 is 9.84 Å². The summed E-state index contributed by atoms with van der Waals surface area (Å²) >= 11 is 0. The van der Waals surface area contributed by atoms with Crippen LogP contribution in [0.2, 0.25) is 0 Å². The fourth-order valence-electron chi connectivity index (χ4n) is 3.10. The van der Waals surface area contributed by atoms with Gasteiger partial charge in [-0.15, -0.1) is 0 Å². The third kappa shape index (κ3) is 7.40. The number of benzene rings is 1. The Morgan fingerprint density at radius 1 is 0.800 bits per heavy atom. The van der Waals surface area contributed by atoms with E-state index in [1.54, 1.807) is 0 Å². The second kappa shape index (κ2) is 9.62. The molecule has 0 fully saturated rings. The largest absolute Gasteiger partial charge is 0.507 e. The Balaban J connectivity index is 2.71. The van der Waals surface area contributed by atoms with E-state index in [9.17, 15) is 5.11 Å². The van der Waals surface area contributed by atoms with E-state index in [1.165, 1.54) is 37.7 Å². The van der Waals surface area contributed by atoms with Gasteiger partial charge in [-0.3, -0.25) is 0 Å². The highest BCUT2D eigenvalue weighted by Crippen LogP contribution is 2.39. The van der Waals surface area contributed by atoms with Gasteiger partial charge in [0.1, 0.15) is 5.75 Å². The van der Waals surface area contributed by atoms with Crippen molar-refractivity contribution in [3.8, 4) is 5.75 Å². The fourth-order valence-corrected chi connectivity index (χ4v) is 3.10. The summed E-state index contributed by atoms with van der Waals surface area (Å²) in [5, 5.41) is 10.8. The zero-order valence-electron chi connectivity index (χ0n) is 17.7. The van der Waals surface area contributed by atoms with E-state index in [0.717, 1.165) is 24.2 Å². The van der Waals surface area contributed by atoms with E-state index >= 15 is 0 Å². The quantitative estimate of drug-likeness (QED) is 0.494. The molecular weight excluding hydrogens is 308 g/mol. The average molecular weight is 349 g/mol. The van der Waals surface area contributed by atoms with Crippen molar-refractivity contribution in [1.82, 2.24) is 0 Å². The first-order valence-electron chi connectivity index (χ1n) is 10.0. The van der Waals surface area contributed by atoms with Gasteiger partial charge >= 0.3 is 0 Å². The van der Waals surface area contributed by atoms with Gasteiger partial charge in [0.2, 0.25) is 0 Å². The maximum Gasteiger partial charge on any atom is 0.123 e. The van der Waals surface area contributed by atoms with Gasteiger partial charge in [0.15, 0.2) is 0 Å². The lowest BCUT2D eigenvalue weighted by molar-refractivity contribution is 0.116. The summed E-state index contributed by atoms with van der Waals surface area (Å²) in [4.78, 5) is 0. The van der Waals surface area contributed by atoms with Crippen LogP contribution >= 0.6 is 0 Å². The summed E-state index contributed by atoms with van der Waals surface area (Å²) in [7, 11) is 0. The molecular formula is C23H40O2. The van der Waals surface area contributed by atoms with Crippen molar-refractivity contribution >= 4 is 0 Å². The van der Waals surface area contributed by atoms with Gasteiger partial charge in [-0.25, -0.2) is 0 Å². The summed E-state index contributed by atoms with van der Waals surface area (Å²) in [6.45, 7) is 16.6. The smallest absolute Gasteiger partial charge is 0.123 e. The van der Waals surface area contributed by atoms with Crippen LogP contribution in [0.4, 0.5) is 0 Å². The predicted molar refractivity (Wildman–Crippen MR) is 109 cm³/mol. The van der Waals surface area contributed by atoms with Gasteiger partial charge in [-0.05, 0) is 46.1 Å². The molecule has 0 unspecified atom stereocenters. The molecule has 0 atom stereocenters. The third-order valence-electron chi connectivity index (χ3n) is 4.70. The maximum absolute atomic E-state index is 10.8. The topological polar surface area (TPSA) is 29.5 Å². The molecule has 1 rings (SSSR count). The van der Waals surface area contributed by atoms with E-state index in [0.29, 0.717) is 12.4 Å². The molecule has 0 aliphatic heterocycles. The fraction of sp³-hybridized carbons (Fsp3) is 0.739. The van der Waals surface area contributed by atoms with Crippen LogP contribution in [-0.2, 0) is 22.2 Å². The molecule has 0 aromatic heterocycles. The average Bonchev–Trinajstić information content (AvgIpc) is 2.48. The number of ether oxygens (including phenoxy) is 1. The minimum atomic E-state index is -0.0840. The summed E-state index contributed by atoms with van der Waals surface area (Å²) in [5.41, 5.74) is 3.02. The molecule has 0 aliphatic rings. The molecule has 0 radical (unpaired) electrons. The zero-order chi connectivity index (χ0) is 19.1. The Kier molecular flexibility index (Phi) is 8.47. The van der Waals surface area contributed by atoms with Crippen molar-refractivity contribution < 1.29 is 9.84 Å². The minimum absolute atomic E-state index is 0.0840. The summed E-state index contributed by atoms with van der Waals surface area (Å²) < 4.78 is 5.92.